The van der Waals surface area contributed by atoms with E-state index < -0.39 is 0 Å². The number of fused-ring (bicyclic) bond motifs is 1. The van der Waals surface area contributed by atoms with Gasteiger partial charge in [-0.2, -0.15) is 5.10 Å². The van der Waals surface area contributed by atoms with Crippen molar-refractivity contribution in [2.75, 3.05) is 11.1 Å². The van der Waals surface area contributed by atoms with E-state index in [2.05, 4.69) is 15.4 Å². The SMILES string of the molecule is Cn1c(SCC(=O)Nc2ccnn2C2CCCC2)nc2ccccc21. The van der Waals surface area contributed by atoms with Crippen LogP contribution in [0.25, 0.3) is 11.0 Å². The van der Waals surface area contributed by atoms with Crippen molar-refractivity contribution in [3.8, 4) is 0 Å². The Kier molecular flexibility index (Phi) is 4.48. The van der Waals surface area contributed by atoms with Crippen LogP contribution in [0.15, 0.2) is 41.7 Å². The number of hydrogen-bond donors (Lipinski definition) is 1. The minimum absolute atomic E-state index is 0.0307. The van der Waals surface area contributed by atoms with Gasteiger partial charge in [0.15, 0.2) is 5.16 Å². The Labute approximate surface area is 150 Å². The van der Waals surface area contributed by atoms with Crippen LogP contribution in [0.4, 0.5) is 5.82 Å². The van der Waals surface area contributed by atoms with Gasteiger partial charge in [0.1, 0.15) is 5.82 Å². The predicted octanol–water partition coefficient (Wildman–Crippen LogP) is 3.62. The number of imidazole rings is 1. The maximum Gasteiger partial charge on any atom is 0.235 e. The van der Waals surface area contributed by atoms with Crippen molar-refractivity contribution in [1.82, 2.24) is 19.3 Å². The minimum Gasteiger partial charge on any atom is -0.322 e. The number of carbonyl (C=O) groups is 1. The smallest absolute Gasteiger partial charge is 0.235 e. The molecule has 0 unspecified atom stereocenters. The quantitative estimate of drug-likeness (QED) is 0.710. The first kappa shape index (κ1) is 16.2. The largest absolute Gasteiger partial charge is 0.322 e. The van der Waals surface area contributed by atoms with E-state index in [1.807, 2.05) is 46.6 Å². The van der Waals surface area contributed by atoms with Crippen LogP contribution in [0.3, 0.4) is 0 Å². The molecule has 0 radical (unpaired) electrons. The fraction of sp³-hybridized carbons (Fsp3) is 0.389. The molecule has 3 aromatic rings. The second-order valence-electron chi connectivity index (χ2n) is 6.38. The first-order valence-corrected chi connectivity index (χ1v) is 9.58. The number of para-hydroxylation sites is 2. The Morgan fingerprint density at radius 1 is 1.28 bits per heavy atom. The van der Waals surface area contributed by atoms with Crippen LogP contribution in [0.5, 0.6) is 0 Å². The van der Waals surface area contributed by atoms with Gasteiger partial charge >= 0.3 is 0 Å². The maximum absolute atomic E-state index is 12.4. The lowest BCUT2D eigenvalue weighted by Crippen LogP contribution is -2.19. The maximum atomic E-state index is 12.4. The standard InChI is InChI=1S/C18H21N5OS/c1-22-15-9-5-4-8-14(15)20-18(22)25-12-17(24)21-16-10-11-19-23(16)13-6-2-3-7-13/h4-5,8-11,13H,2-3,6-7,12H2,1H3,(H,21,24). The number of aryl methyl sites for hydroxylation is 1. The molecule has 0 spiro atoms. The minimum atomic E-state index is -0.0307. The Hall–Kier alpha value is -2.28. The molecule has 4 rings (SSSR count). The lowest BCUT2D eigenvalue weighted by Gasteiger charge is -2.14. The normalized spacial score (nSPS) is 15.1. The molecule has 1 fully saturated rings. The zero-order valence-electron chi connectivity index (χ0n) is 14.2. The molecule has 1 aliphatic rings. The van der Waals surface area contributed by atoms with Crippen molar-refractivity contribution in [3.05, 3.63) is 36.5 Å². The van der Waals surface area contributed by atoms with Crippen molar-refractivity contribution in [2.45, 2.75) is 36.9 Å². The highest BCUT2D eigenvalue weighted by Crippen LogP contribution is 2.31. The highest BCUT2D eigenvalue weighted by molar-refractivity contribution is 7.99. The first-order valence-electron chi connectivity index (χ1n) is 8.60. The third-order valence-corrected chi connectivity index (χ3v) is 5.72. The van der Waals surface area contributed by atoms with Crippen LogP contribution in [0.1, 0.15) is 31.7 Å². The third kappa shape index (κ3) is 3.28. The number of amides is 1. The number of nitrogens with zero attached hydrogens (tertiary/aromatic N) is 4. The van der Waals surface area contributed by atoms with Crippen LogP contribution < -0.4 is 5.32 Å². The lowest BCUT2D eigenvalue weighted by molar-refractivity contribution is -0.113. The van der Waals surface area contributed by atoms with Crippen LogP contribution in [0, 0.1) is 0 Å². The summed E-state index contributed by atoms with van der Waals surface area (Å²) in [6, 6.07) is 10.3. The molecule has 1 aliphatic carbocycles. The number of benzene rings is 1. The van der Waals surface area contributed by atoms with Gasteiger partial charge < -0.3 is 9.88 Å². The fourth-order valence-corrected chi connectivity index (χ4v) is 4.20. The Bertz CT molecular complexity index is 894. The number of hydrogen-bond acceptors (Lipinski definition) is 4. The van der Waals surface area contributed by atoms with E-state index in [1.54, 1.807) is 6.20 Å². The van der Waals surface area contributed by atoms with Gasteiger partial charge in [0.05, 0.1) is 29.0 Å². The van der Waals surface area contributed by atoms with Crippen molar-refractivity contribution in [3.63, 3.8) is 0 Å². The summed E-state index contributed by atoms with van der Waals surface area (Å²) < 4.78 is 3.99. The molecule has 7 heteroatoms. The molecule has 0 saturated heterocycles. The van der Waals surface area contributed by atoms with Gasteiger partial charge in [0.2, 0.25) is 5.91 Å². The van der Waals surface area contributed by atoms with E-state index >= 15 is 0 Å². The summed E-state index contributed by atoms with van der Waals surface area (Å²) in [6.45, 7) is 0. The number of rotatable bonds is 5. The van der Waals surface area contributed by atoms with E-state index in [-0.39, 0.29) is 5.91 Å². The van der Waals surface area contributed by atoms with Crippen molar-refractivity contribution >= 4 is 34.5 Å². The zero-order chi connectivity index (χ0) is 17.2. The van der Waals surface area contributed by atoms with Crippen molar-refractivity contribution in [1.29, 1.82) is 0 Å². The Morgan fingerprint density at radius 3 is 2.88 bits per heavy atom. The highest BCUT2D eigenvalue weighted by Gasteiger charge is 2.20. The summed E-state index contributed by atoms with van der Waals surface area (Å²) in [6.07, 6.45) is 6.51. The first-order chi connectivity index (χ1) is 12.2. The topological polar surface area (TPSA) is 64.7 Å². The summed E-state index contributed by atoms with van der Waals surface area (Å²) in [7, 11) is 1.98. The third-order valence-electron chi connectivity index (χ3n) is 4.69. The molecule has 1 saturated carbocycles. The van der Waals surface area contributed by atoms with Crippen LogP contribution in [0.2, 0.25) is 0 Å². The summed E-state index contributed by atoms with van der Waals surface area (Å²) in [5.74, 6) is 1.09. The molecular formula is C18H21N5OS. The molecular weight excluding hydrogens is 334 g/mol. The molecule has 0 aliphatic heterocycles. The molecule has 1 amide bonds. The number of nitrogens with one attached hydrogen (secondary N) is 1. The van der Waals surface area contributed by atoms with E-state index in [9.17, 15) is 4.79 Å². The summed E-state index contributed by atoms with van der Waals surface area (Å²) in [4.78, 5) is 17.0. The molecule has 2 aromatic heterocycles. The molecule has 25 heavy (non-hydrogen) atoms. The zero-order valence-corrected chi connectivity index (χ0v) is 15.0. The molecule has 0 bridgehead atoms. The van der Waals surface area contributed by atoms with Crippen molar-refractivity contribution < 1.29 is 4.79 Å². The number of thioether (sulfide) groups is 1. The van der Waals surface area contributed by atoms with Gasteiger partial charge in [-0.05, 0) is 25.0 Å². The second kappa shape index (κ2) is 6.92. The number of carbonyl (C=O) groups excluding carboxylic acids is 1. The summed E-state index contributed by atoms with van der Waals surface area (Å²) in [5.41, 5.74) is 2.02. The van der Waals surface area contributed by atoms with Crippen LogP contribution in [-0.2, 0) is 11.8 Å². The van der Waals surface area contributed by atoms with Crippen LogP contribution in [-0.4, -0.2) is 31.0 Å². The number of anilines is 1. The molecule has 130 valence electrons. The highest BCUT2D eigenvalue weighted by atomic mass is 32.2. The lowest BCUT2D eigenvalue weighted by atomic mass is 10.2. The van der Waals surface area contributed by atoms with Crippen molar-refractivity contribution in [2.24, 2.45) is 7.05 Å². The molecule has 2 heterocycles. The van der Waals surface area contributed by atoms with Crippen LogP contribution >= 0.6 is 11.8 Å². The van der Waals surface area contributed by atoms with E-state index in [1.165, 1.54) is 24.6 Å². The van der Waals surface area contributed by atoms with Gasteiger partial charge in [0.25, 0.3) is 0 Å². The van der Waals surface area contributed by atoms with Gasteiger partial charge in [-0.1, -0.05) is 36.7 Å². The summed E-state index contributed by atoms with van der Waals surface area (Å²) in [5, 5.41) is 8.23. The Morgan fingerprint density at radius 2 is 2.08 bits per heavy atom. The Balaban J connectivity index is 1.41. The second-order valence-corrected chi connectivity index (χ2v) is 7.32. The molecule has 1 aromatic carbocycles. The molecule has 1 N–H and O–H groups in total. The van der Waals surface area contributed by atoms with Gasteiger partial charge in [0, 0.05) is 13.1 Å². The van der Waals surface area contributed by atoms with Gasteiger partial charge in [-0.15, -0.1) is 0 Å². The average molecular weight is 355 g/mol. The molecule has 6 nitrogen and oxygen atoms in total. The van der Waals surface area contributed by atoms with E-state index in [0.29, 0.717) is 11.8 Å². The van der Waals surface area contributed by atoms with Gasteiger partial charge in [-0.25, -0.2) is 9.67 Å². The monoisotopic (exact) mass is 355 g/mol. The van der Waals surface area contributed by atoms with E-state index in [4.69, 9.17) is 0 Å². The average Bonchev–Trinajstić information content (AvgIpc) is 3.34. The van der Waals surface area contributed by atoms with Gasteiger partial charge in [-0.3, -0.25) is 4.79 Å². The molecule has 0 atom stereocenters. The predicted molar refractivity (Wildman–Crippen MR) is 99.8 cm³/mol. The van der Waals surface area contributed by atoms with E-state index in [0.717, 1.165) is 34.8 Å². The fourth-order valence-electron chi connectivity index (χ4n) is 3.41. The summed E-state index contributed by atoms with van der Waals surface area (Å²) >= 11 is 1.45. The number of aromatic nitrogens is 4.